The predicted octanol–water partition coefficient (Wildman–Crippen LogP) is 2.90. The molecule has 25 heavy (non-hydrogen) atoms. The van der Waals surface area contributed by atoms with Crippen molar-refractivity contribution >= 4 is 5.52 Å². The van der Waals surface area contributed by atoms with E-state index in [1.54, 1.807) is 43.0 Å². The van der Waals surface area contributed by atoms with Gasteiger partial charge in [0.05, 0.1) is 23.6 Å². The van der Waals surface area contributed by atoms with Gasteiger partial charge in [-0.3, -0.25) is 9.36 Å². The Morgan fingerprint density at radius 1 is 1.16 bits per heavy atom. The topological polar surface area (TPSA) is 52.2 Å². The molecule has 4 rings (SSSR count). The summed E-state index contributed by atoms with van der Waals surface area (Å²) >= 11 is 0. The zero-order valence-corrected chi connectivity index (χ0v) is 13.6. The van der Waals surface area contributed by atoms with Crippen LogP contribution >= 0.6 is 0 Å². The van der Waals surface area contributed by atoms with Gasteiger partial charge in [0.25, 0.3) is 5.56 Å². The summed E-state index contributed by atoms with van der Waals surface area (Å²) in [5, 5.41) is 0. The van der Waals surface area contributed by atoms with E-state index in [2.05, 4.69) is 22.1 Å². The molecule has 1 aromatic carbocycles. The van der Waals surface area contributed by atoms with E-state index in [-0.39, 0.29) is 16.8 Å². The fraction of sp³-hybridized carbons (Fsp3) is 0.105. The Balaban J connectivity index is 1.83. The van der Waals surface area contributed by atoms with E-state index in [0.717, 1.165) is 5.52 Å². The zero-order chi connectivity index (χ0) is 17.6. The maximum atomic E-state index is 14.7. The quantitative estimate of drug-likeness (QED) is 0.567. The van der Waals surface area contributed by atoms with Crippen LogP contribution in [0.4, 0.5) is 4.39 Å². The minimum Gasteiger partial charge on any atom is -0.306 e. The fourth-order valence-electron chi connectivity index (χ4n) is 2.85. The minimum atomic E-state index is -0.486. The molecular weight excluding hydrogens is 319 g/mol. The third kappa shape index (κ3) is 2.56. The van der Waals surface area contributed by atoms with Crippen molar-refractivity contribution in [3.63, 3.8) is 0 Å². The lowest BCUT2D eigenvalue weighted by Gasteiger charge is -2.09. The number of pyridine rings is 1. The molecule has 0 fully saturated rings. The highest BCUT2D eigenvalue weighted by Crippen LogP contribution is 2.22. The molecule has 6 heteroatoms. The van der Waals surface area contributed by atoms with Crippen LogP contribution in [0.2, 0.25) is 0 Å². The number of hydrogen-bond acceptors (Lipinski definition) is 3. The van der Waals surface area contributed by atoms with Crippen LogP contribution in [0.1, 0.15) is 11.5 Å². The van der Waals surface area contributed by atoms with Gasteiger partial charge >= 0.3 is 0 Å². The smallest absolute Gasteiger partial charge is 0.258 e. The van der Waals surface area contributed by atoms with Crippen LogP contribution in [0.25, 0.3) is 22.3 Å². The highest BCUT2D eigenvalue weighted by Gasteiger charge is 2.11. The van der Waals surface area contributed by atoms with Gasteiger partial charge in [-0.1, -0.05) is 6.07 Å². The van der Waals surface area contributed by atoms with Gasteiger partial charge in [0.1, 0.15) is 17.3 Å². The highest BCUT2D eigenvalue weighted by molar-refractivity contribution is 5.65. The summed E-state index contributed by atoms with van der Waals surface area (Å²) in [6.45, 7) is 3.44. The lowest BCUT2D eigenvalue weighted by atomic mass is 10.1. The van der Waals surface area contributed by atoms with Gasteiger partial charge < -0.3 is 4.40 Å². The number of hydrogen-bond donors (Lipinski definition) is 0. The maximum Gasteiger partial charge on any atom is 0.258 e. The molecule has 0 N–H and O–H groups in total. The van der Waals surface area contributed by atoms with E-state index < -0.39 is 5.82 Å². The van der Waals surface area contributed by atoms with Gasteiger partial charge in [-0.15, -0.1) is 0 Å². The van der Waals surface area contributed by atoms with Crippen LogP contribution in [0.15, 0.2) is 47.8 Å². The summed E-state index contributed by atoms with van der Waals surface area (Å²) in [5.41, 5.74) is 2.47. The van der Waals surface area contributed by atoms with E-state index in [1.807, 2.05) is 6.07 Å². The molecule has 0 aliphatic carbocycles. The molecule has 0 aliphatic rings. The average Bonchev–Trinajstić information content (AvgIpc) is 3.01. The summed E-state index contributed by atoms with van der Waals surface area (Å²) < 4.78 is 17.8. The zero-order valence-electron chi connectivity index (χ0n) is 13.6. The maximum absolute atomic E-state index is 14.7. The third-order valence-electron chi connectivity index (χ3n) is 3.97. The number of aryl methyl sites for hydroxylation is 2. The van der Waals surface area contributed by atoms with Crippen LogP contribution in [-0.4, -0.2) is 18.9 Å². The van der Waals surface area contributed by atoms with Crippen LogP contribution in [-0.2, 0) is 0 Å². The molecule has 0 amide bonds. The van der Waals surface area contributed by atoms with Gasteiger partial charge in [-0.05, 0) is 32.0 Å². The lowest BCUT2D eigenvalue weighted by molar-refractivity contribution is 0.629. The molecule has 0 saturated heterocycles. The second-order valence-corrected chi connectivity index (χ2v) is 5.76. The molecule has 3 heterocycles. The van der Waals surface area contributed by atoms with Gasteiger partial charge in [0.15, 0.2) is 0 Å². The summed E-state index contributed by atoms with van der Waals surface area (Å²) in [6.07, 6.45) is 5.14. The summed E-state index contributed by atoms with van der Waals surface area (Å²) in [5.74, 6) is -0.0123. The molecule has 122 valence electrons. The van der Waals surface area contributed by atoms with Gasteiger partial charge in [0.2, 0.25) is 0 Å². The number of aromatic nitrogens is 4. The van der Waals surface area contributed by atoms with Crippen molar-refractivity contribution in [1.82, 2.24) is 18.9 Å². The summed E-state index contributed by atoms with van der Waals surface area (Å²) in [4.78, 5) is 20.5. The molecule has 0 bridgehead atoms. The van der Waals surface area contributed by atoms with Gasteiger partial charge in [0, 0.05) is 29.6 Å². The number of fused-ring (bicyclic) bond motifs is 1. The number of rotatable bonds is 2. The van der Waals surface area contributed by atoms with Gasteiger partial charge in [-0.25, -0.2) is 14.4 Å². The second kappa shape index (κ2) is 5.56. The normalized spacial score (nSPS) is 10.8. The minimum absolute atomic E-state index is 0.276. The van der Waals surface area contributed by atoms with Crippen LogP contribution < -0.4 is 5.56 Å². The van der Waals surface area contributed by atoms with Crippen molar-refractivity contribution in [3.05, 3.63) is 82.8 Å². The molecule has 0 unspecified atom stereocenters. The van der Waals surface area contributed by atoms with Crippen molar-refractivity contribution in [2.45, 2.75) is 13.8 Å². The molecule has 3 aromatic heterocycles. The Morgan fingerprint density at radius 3 is 2.76 bits per heavy atom. The van der Waals surface area contributed by atoms with Crippen LogP contribution in [0.5, 0.6) is 0 Å². The Hall–Kier alpha value is -3.46. The molecule has 0 atom stereocenters. The Kier molecular flexibility index (Phi) is 3.36. The van der Waals surface area contributed by atoms with Crippen molar-refractivity contribution in [2.24, 2.45) is 0 Å². The summed E-state index contributed by atoms with van der Waals surface area (Å²) in [7, 11) is 0. The van der Waals surface area contributed by atoms with Crippen molar-refractivity contribution in [3.8, 4) is 16.8 Å². The molecule has 0 spiro atoms. The van der Waals surface area contributed by atoms with Crippen molar-refractivity contribution in [1.29, 1.82) is 0 Å². The summed E-state index contributed by atoms with van der Waals surface area (Å²) in [6, 6.07) is 12.0. The van der Waals surface area contributed by atoms with E-state index in [9.17, 15) is 9.18 Å². The number of halogens is 1. The Labute approximate surface area is 143 Å². The fourth-order valence-corrected chi connectivity index (χ4v) is 2.85. The number of nitrogens with zero attached hydrogens (tertiary/aromatic N) is 4. The third-order valence-corrected chi connectivity index (χ3v) is 3.97. The first-order valence-corrected chi connectivity index (χ1v) is 7.66. The van der Waals surface area contributed by atoms with E-state index >= 15 is 0 Å². The Bertz CT molecular complexity index is 1160. The molecule has 5 nitrogen and oxygen atoms in total. The van der Waals surface area contributed by atoms with E-state index in [1.165, 1.54) is 16.7 Å². The first kappa shape index (κ1) is 15.1. The van der Waals surface area contributed by atoms with Crippen molar-refractivity contribution in [2.75, 3.05) is 0 Å². The first-order chi connectivity index (χ1) is 12.0. The van der Waals surface area contributed by atoms with E-state index in [4.69, 9.17) is 0 Å². The molecule has 0 aliphatic heterocycles. The molecule has 4 aromatic rings. The average molecular weight is 332 g/mol. The Morgan fingerprint density at radius 2 is 2.00 bits per heavy atom. The molecule has 0 saturated carbocycles. The second-order valence-electron chi connectivity index (χ2n) is 5.76. The van der Waals surface area contributed by atoms with Gasteiger partial charge in [-0.2, -0.15) is 0 Å². The first-order valence-electron chi connectivity index (χ1n) is 7.66. The van der Waals surface area contributed by atoms with Crippen molar-refractivity contribution < 1.29 is 4.39 Å². The molecular formula is C19H13FN4O. The standard InChI is InChI=1S/C19H13FN4O/c1-12-7-19(25)24(13(2)22-12)15-5-6-17(18(20)8-15)14-3-4-16-9-21-11-23(16)10-14/h3-4,7-11H,1-2H3. The van der Waals surface area contributed by atoms with Crippen LogP contribution in [0.3, 0.4) is 0 Å². The number of imidazole rings is 1. The molecule has 0 radical (unpaired) electrons. The monoisotopic (exact) mass is 332 g/mol. The predicted molar refractivity (Wildman–Crippen MR) is 91.1 cm³/mol. The van der Waals surface area contributed by atoms with E-state index in [0.29, 0.717) is 17.1 Å². The van der Waals surface area contributed by atoms with Crippen LogP contribution in [0, 0.1) is 31.8 Å². The largest absolute Gasteiger partial charge is 0.306 e. The SMILES string of the molecule is Cc1cc(=O)n(-c2c#cc(-c3ccc4cncn4c3)c(F)c2)c(C)n1. The lowest BCUT2D eigenvalue weighted by Crippen LogP contribution is -2.21. The highest BCUT2D eigenvalue weighted by atomic mass is 19.1.